The molecule has 0 bridgehead atoms. The number of ketones is 1. The molecule has 7 nitrogen and oxygen atoms in total. The van der Waals surface area contributed by atoms with E-state index in [0.717, 1.165) is 40.7 Å². The highest BCUT2D eigenvalue weighted by atomic mass is 16.6. The van der Waals surface area contributed by atoms with Crippen molar-refractivity contribution < 1.29 is 9.72 Å². The molecule has 2 heterocycles. The molecule has 0 amide bonds. The van der Waals surface area contributed by atoms with Gasteiger partial charge in [-0.3, -0.25) is 19.5 Å². The average Bonchev–Trinajstić information content (AvgIpc) is 3.05. The van der Waals surface area contributed by atoms with Crippen LogP contribution in [0.5, 0.6) is 0 Å². The van der Waals surface area contributed by atoms with Crippen LogP contribution in [0.1, 0.15) is 30.9 Å². The summed E-state index contributed by atoms with van der Waals surface area (Å²) >= 11 is 0. The molecule has 1 atom stereocenters. The fourth-order valence-corrected chi connectivity index (χ4v) is 4.06. The van der Waals surface area contributed by atoms with Crippen LogP contribution in [0.3, 0.4) is 0 Å². The van der Waals surface area contributed by atoms with Gasteiger partial charge in [0.05, 0.1) is 22.0 Å². The zero-order valence-corrected chi connectivity index (χ0v) is 14.4. The van der Waals surface area contributed by atoms with Crippen molar-refractivity contribution in [3.63, 3.8) is 0 Å². The Balaban J connectivity index is 1.76. The van der Waals surface area contributed by atoms with Crippen LogP contribution in [-0.4, -0.2) is 20.3 Å². The molecular weight excluding hydrogens is 344 g/mol. The first-order valence-corrected chi connectivity index (χ1v) is 8.88. The van der Waals surface area contributed by atoms with Crippen LogP contribution in [0, 0.1) is 10.1 Å². The number of para-hydroxylation sites is 2. The molecule has 1 aliphatic carbocycles. The number of fused-ring (bicyclic) bond motifs is 3. The Morgan fingerprint density at radius 2 is 1.89 bits per heavy atom. The van der Waals surface area contributed by atoms with Crippen molar-refractivity contribution in [2.45, 2.75) is 25.3 Å². The molecule has 1 unspecified atom stereocenters. The van der Waals surface area contributed by atoms with E-state index < -0.39 is 4.92 Å². The minimum atomic E-state index is -0.416. The van der Waals surface area contributed by atoms with Gasteiger partial charge >= 0.3 is 0 Å². The summed E-state index contributed by atoms with van der Waals surface area (Å²) in [5.74, 6) is 0.823. The van der Waals surface area contributed by atoms with Crippen LogP contribution < -0.4 is 5.32 Å². The quantitative estimate of drug-likeness (QED) is 0.552. The third-order valence-corrected chi connectivity index (χ3v) is 5.27. The van der Waals surface area contributed by atoms with Crippen LogP contribution in [0.2, 0.25) is 0 Å². The maximum Gasteiger partial charge on any atom is 0.269 e. The fraction of sp³-hybridized carbons (Fsp3) is 0.200. The summed E-state index contributed by atoms with van der Waals surface area (Å²) in [7, 11) is 0. The van der Waals surface area contributed by atoms with E-state index in [1.807, 2.05) is 28.8 Å². The molecular formula is C20H16N4O3. The number of nitrogens with zero attached hydrogens (tertiary/aromatic N) is 3. The summed E-state index contributed by atoms with van der Waals surface area (Å²) in [4.78, 5) is 28.1. The zero-order chi connectivity index (χ0) is 18.5. The van der Waals surface area contributed by atoms with Crippen LogP contribution in [-0.2, 0) is 4.79 Å². The highest BCUT2D eigenvalue weighted by molar-refractivity contribution is 6.00. The third kappa shape index (κ3) is 2.35. The lowest BCUT2D eigenvalue weighted by Crippen LogP contribution is -2.30. The number of carbonyl (C=O) groups excluding carboxylic acids is 1. The second kappa shape index (κ2) is 5.77. The number of benzene rings is 2. The lowest BCUT2D eigenvalue weighted by molar-refractivity contribution is -0.384. The van der Waals surface area contributed by atoms with E-state index in [1.54, 1.807) is 12.1 Å². The second-order valence-electron chi connectivity index (χ2n) is 6.84. The lowest BCUT2D eigenvalue weighted by Gasteiger charge is -2.33. The van der Waals surface area contributed by atoms with Crippen molar-refractivity contribution in [1.29, 1.82) is 0 Å². The molecule has 3 aromatic rings. The normalized spacial score (nSPS) is 18.8. The van der Waals surface area contributed by atoms with Gasteiger partial charge in [-0.2, -0.15) is 0 Å². The number of nitro groups is 1. The number of Topliss-reactive ketones (excluding diaryl/α,β-unsaturated/α-hetero) is 1. The average molecular weight is 360 g/mol. The molecule has 7 heteroatoms. The van der Waals surface area contributed by atoms with Crippen LogP contribution >= 0.6 is 0 Å². The zero-order valence-electron chi connectivity index (χ0n) is 14.4. The van der Waals surface area contributed by atoms with Gasteiger partial charge in [-0.05, 0) is 42.7 Å². The summed E-state index contributed by atoms with van der Waals surface area (Å²) in [6.07, 6.45) is 2.14. The van der Waals surface area contributed by atoms with Crippen molar-refractivity contribution in [3.05, 3.63) is 75.5 Å². The molecule has 5 rings (SSSR count). The van der Waals surface area contributed by atoms with Gasteiger partial charge in [0, 0.05) is 29.8 Å². The first kappa shape index (κ1) is 15.7. The maximum absolute atomic E-state index is 12.8. The third-order valence-electron chi connectivity index (χ3n) is 5.27. The molecule has 27 heavy (non-hydrogen) atoms. The maximum atomic E-state index is 12.8. The topological polar surface area (TPSA) is 90.1 Å². The lowest BCUT2D eigenvalue weighted by atomic mass is 9.85. The Hall–Kier alpha value is -3.48. The Kier molecular flexibility index (Phi) is 3.36. The number of nitro benzene ring substituents is 1. The number of hydrogen-bond donors (Lipinski definition) is 1. The van der Waals surface area contributed by atoms with Crippen molar-refractivity contribution in [2.75, 3.05) is 5.32 Å². The molecule has 1 aliphatic heterocycles. The van der Waals surface area contributed by atoms with Gasteiger partial charge in [0.15, 0.2) is 5.78 Å². The summed E-state index contributed by atoms with van der Waals surface area (Å²) in [5.41, 5.74) is 4.30. The molecule has 0 fully saturated rings. The standard InChI is InChI=1S/C20H16N4O3/c25-17-7-3-5-15-18(17)19(12-8-10-13(11-9-12)24(26)27)23-16-6-2-1-4-14(16)21-20(23)22-15/h1-2,4,6,8-11,19H,3,5,7H2,(H,21,22). The Morgan fingerprint density at radius 3 is 2.67 bits per heavy atom. The summed E-state index contributed by atoms with van der Waals surface area (Å²) in [6, 6.07) is 13.9. The van der Waals surface area contributed by atoms with E-state index in [4.69, 9.17) is 0 Å². The molecule has 0 spiro atoms. The van der Waals surface area contributed by atoms with Crippen LogP contribution in [0.4, 0.5) is 11.6 Å². The van der Waals surface area contributed by atoms with Crippen molar-refractivity contribution in [1.82, 2.24) is 9.55 Å². The molecule has 1 aromatic heterocycles. The van der Waals surface area contributed by atoms with Gasteiger partial charge in [-0.15, -0.1) is 0 Å². The van der Waals surface area contributed by atoms with E-state index in [0.29, 0.717) is 12.4 Å². The number of carbonyl (C=O) groups is 1. The largest absolute Gasteiger partial charge is 0.329 e. The molecule has 2 aliphatic rings. The predicted octanol–water partition coefficient (Wildman–Crippen LogP) is 3.97. The molecule has 134 valence electrons. The fourth-order valence-electron chi connectivity index (χ4n) is 4.06. The van der Waals surface area contributed by atoms with E-state index in [1.165, 1.54) is 12.1 Å². The van der Waals surface area contributed by atoms with E-state index in [2.05, 4.69) is 10.3 Å². The van der Waals surface area contributed by atoms with E-state index in [9.17, 15) is 14.9 Å². The summed E-state index contributed by atoms with van der Waals surface area (Å²) in [5, 5.41) is 14.4. The number of non-ortho nitro benzene ring substituents is 1. The first-order valence-electron chi connectivity index (χ1n) is 8.88. The number of anilines is 1. The van der Waals surface area contributed by atoms with Crippen LogP contribution in [0.25, 0.3) is 11.0 Å². The minimum absolute atomic E-state index is 0.0348. The molecule has 0 saturated carbocycles. The van der Waals surface area contributed by atoms with Crippen molar-refractivity contribution >= 4 is 28.5 Å². The SMILES string of the molecule is O=C1CCCC2=C1C(c1ccc([N+](=O)[O-])cc1)n1c(nc3ccccc31)N2. The number of imidazole rings is 1. The predicted molar refractivity (Wildman–Crippen MR) is 100 cm³/mol. The van der Waals surface area contributed by atoms with Gasteiger partial charge in [-0.25, -0.2) is 4.98 Å². The molecule has 0 radical (unpaired) electrons. The van der Waals surface area contributed by atoms with Gasteiger partial charge in [0.2, 0.25) is 5.95 Å². The van der Waals surface area contributed by atoms with Gasteiger partial charge in [0.1, 0.15) is 0 Å². The van der Waals surface area contributed by atoms with Crippen LogP contribution in [0.15, 0.2) is 59.8 Å². The number of allylic oxidation sites excluding steroid dienone is 2. The smallest absolute Gasteiger partial charge is 0.269 e. The Labute approximate surface area is 154 Å². The number of rotatable bonds is 2. The van der Waals surface area contributed by atoms with E-state index in [-0.39, 0.29) is 17.5 Å². The Morgan fingerprint density at radius 1 is 1.11 bits per heavy atom. The molecule has 2 aromatic carbocycles. The van der Waals surface area contributed by atoms with E-state index >= 15 is 0 Å². The van der Waals surface area contributed by atoms with Gasteiger partial charge < -0.3 is 5.32 Å². The number of aromatic nitrogens is 2. The van der Waals surface area contributed by atoms with Crippen molar-refractivity contribution in [3.8, 4) is 0 Å². The highest BCUT2D eigenvalue weighted by Gasteiger charge is 2.36. The first-order chi connectivity index (χ1) is 13.1. The number of nitrogens with one attached hydrogen (secondary N) is 1. The van der Waals surface area contributed by atoms with Crippen molar-refractivity contribution in [2.24, 2.45) is 0 Å². The minimum Gasteiger partial charge on any atom is -0.329 e. The molecule has 1 N–H and O–H groups in total. The van der Waals surface area contributed by atoms with Gasteiger partial charge in [0.25, 0.3) is 5.69 Å². The number of hydrogen-bond acceptors (Lipinski definition) is 5. The van der Waals surface area contributed by atoms with Gasteiger partial charge in [-0.1, -0.05) is 12.1 Å². The highest BCUT2D eigenvalue weighted by Crippen LogP contribution is 2.42. The summed E-state index contributed by atoms with van der Waals surface area (Å²) in [6.45, 7) is 0. The summed E-state index contributed by atoms with van der Waals surface area (Å²) < 4.78 is 2.03. The second-order valence-corrected chi connectivity index (χ2v) is 6.84. The monoisotopic (exact) mass is 360 g/mol. The Bertz CT molecular complexity index is 1130. The molecule has 0 saturated heterocycles.